The third kappa shape index (κ3) is 2.81. The summed E-state index contributed by atoms with van der Waals surface area (Å²) in [6.07, 6.45) is -5.97. The molecule has 6 heteroatoms. The average Bonchev–Trinajstić information content (AvgIpc) is 2.40. The molecule has 0 heterocycles. The van der Waals surface area contributed by atoms with Crippen LogP contribution in [0.3, 0.4) is 0 Å². The molecule has 0 radical (unpaired) electrons. The van der Waals surface area contributed by atoms with E-state index in [4.69, 9.17) is 5.73 Å². The maximum absolute atomic E-state index is 13.0. The van der Waals surface area contributed by atoms with Crippen molar-refractivity contribution in [2.75, 3.05) is 5.73 Å². The zero-order chi connectivity index (χ0) is 14.9. The molecule has 0 spiro atoms. The van der Waals surface area contributed by atoms with Crippen LogP contribution in [0.1, 0.15) is 22.8 Å². The predicted octanol–water partition coefficient (Wildman–Crippen LogP) is 4.13. The van der Waals surface area contributed by atoms with Crippen LogP contribution in [0.4, 0.5) is 18.9 Å². The maximum atomic E-state index is 13.0. The summed E-state index contributed by atoms with van der Waals surface area (Å²) in [6, 6.07) is 9.67. The first-order valence-corrected chi connectivity index (χ1v) is 6.49. The number of para-hydroxylation sites is 1. The fraction of sp³-hybridized carbons (Fsp3) is 0.143. The lowest BCUT2D eigenvalue weighted by atomic mass is 9.95. The van der Waals surface area contributed by atoms with Crippen molar-refractivity contribution in [3.63, 3.8) is 0 Å². The SMILES string of the molecule is Nc1c(Br)cccc1C(O)c1ccccc1C(F)(F)F. The first-order chi connectivity index (χ1) is 9.32. The zero-order valence-electron chi connectivity index (χ0n) is 10.2. The number of hydrogen-bond acceptors (Lipinski definition) is 2. The van der Waals surface area contributed by atoms with Crippen molar-refractivity contribution >= 4 is 21.6 Å². The van der Waals surface area contributed by atoms with Crippen LogP contribution < -0.4 is 5.73 Å². The molecule has 0 saturated carbocycles. The van der Waals surface area contributed by atoms with Gasteiger partial charge in [0.1, 0.15) is 6.10 Å². The van der Waals surface area contributed by atoms with Crippen molar-refractivity contribution in [1.29, 1.82) is 0 Å². The standard InChI is InChI=1S/C14H11BrF3NO/c15-11-7-3-5-9(12(11)19)13(20)8-4-1-2-6-10(8)14(16,17)18/h1-7,13,20H,19H2. The minimum absolute atomic E-state index is 0.218. The van der Waals surface area contributed by atoms with Crippen LogP contribution in [0.2, 0.25) is 0 Å². The maximum Gasteiger partial charge on any atom is 0.416 e. The lowest BCUT2D eigenvalue weighted by Crippen LogP contribution is -2.13. The number of alkyl halides is 3. The fourth-order valence-corrected chi connectivity index (χ4v) is 2.33. The number of hydrogen-bond donors (Lipinski definition) is 2. The van der Waals surface area contributed by atoms with Crippen molar-refractivity contribution < 1.29 is 18.3 Å². The average molecular weight is 346 g/mol. The van der Waals surface area contributed by atoms with E-state index < -0.39 is 17.8 Å². The summed E-state index contributed by atoms with van der Waals surface area (Å²) in [7, 11) is 0. The third-order valence-corrected chi connectivity index (χ3v) is 3.63. The molecule has 2 nitrogen and oxygen atoms in total. The van der Waals surface area contributed by atoms with Gasteiger partial charge in [-0.2, -0.15) is 13.2 Å². The van der Waals surface area contributed by atoms with Crippen molar-refractivity contribution in [2.45, 2.75) is 12.3 Å². The van der Waals surface area contributed by atoms with Gasteiger partial charge in [-0.15, -0.1) is 0 Å². The zero-order valence-corrected chi connectivity index (χ0v) is 11.7. The van der Waals surface area contributed by atoms with Gasteiger partial charge < -0.3 is 10.8 Å². The molecular formula is C14H11BrF3NO. The normalized spacial score (nSPS) is 13.2. The van der Waals surface area contributed by atoms with E-state index in [0.29, 0.717) is 4.47 Å². The third-order valence-electron chi connectivity index (χ3n) is 2.94. The number of aliphatic hydroxyl groups is 1. The molecule has 3 N–H and O–H groups in total. The molecule has 0 fully saturated rings. The molecule has 2 aromatic carbocycles. The van der Waals surface area contributed by atoms with Crippen LogP contribution >= 0.6 is 15.9 Å². The molecule has 20 heavy (non-hydrogen) atoms. The topological polar surface area (TPSA) is 46.2 Å². The second-order valence-electron chi connectivity index (χ2n) is 4.23. The van der Waals surface area contributed by atoms with Gasteiger partial charge in [-0.1, -0.05) is 30.3 Å². The molecule has 1 unspecified atom stereocenters. The van der Waals surface area contributed by atoms with Gasteiger partial charge in [0.15, 0.2) is 0 Å². The van der Waals surface area contributed by atoms with Gasteiger partial charge in [-0.3, -0.25) is 0 Å². The highest BCUT2D eigenvalue weighted by Crippen LogP contribution is 2.38. The molecule has 0 amide bonds. The number of anilines is 1. The largest absolute Gasteiger partial charge is 0.416 e. The van der Waals surface area contributed by atoms with E-state index in [-0.39, 0.29) is 16.8 Å². The monoisotopic (exact) mass is 345 g/mol. The Kier molecular flexibility index (Phi) is 4.06. The summed E-state index contributed by atoms with van der Waals surface area (Å²) in [4.78, 5) is 0. The fourth-order valence-electron chi connectivity index (χ4n) is 1.95. The quantitative estimate of drug-likeness (QED) is 0.804. The van der Waals surface area contributed by atoms with Crippen LogP contribution in [-0.2, 0) is 6.18 Å². The van der Waals surface area contributed by atoms with E-state index in [1.54, 1.807) is 12.1 Å². The Morgan fingerprint density at radius 1 is 1.00 bits per heavy atom. The van der Waals surface area contributed by atoms with Crippen molar-refractivity contribution in [2.24, 2.45) is 0 Å². The summed E-state index contributed by atoms with van der Waals surface area (Å²) in [5, 5.41) is 10.2. The molecule has 0 aliphatic carbocycles. The molecule has 1 atom stereocenters. The first-order valence-electron chi connectivity index (χ1n) is 5.70. The number of halogens is 4. The summed E-state index contributed by atoms with van der Waals surface area (Å²) in [6.45, 7) is 0. The van der Waals surface area contributed by atoms with Crippen molar-refractivity contribution in [3.8, 4) is 0 Å². The summed E-state index contributed by atoms with van der Waals surface area (Å²) in [5.41, 5.74) is 5.16. The molecule has 2 rings (SSSR count). The summed E-state index contributed by atoms with van der Waals surface area (Å²) >= 11 is 3.19. The number of nitrogens with two attached hydrogens (primary N) is 1. The minimum Gasteiger partial charge on any atom is -0.398 e. The van der Waals surface area contributed by atoms with Crippen LogP contribution in [-0.4, -0.2) is 5.11 Å². The van der Waals surface area contributed by atoms with E-state index >= 15 is 0 Å². The van der Waals surface area contributed by atoms with Gasteiger partial charge in [-0.25, -0.2) is 0 Å². The highest BCUT2D eigenvalue weighted by atomic mass is 79.9. The number of rotatable bonds is 2. The number of benzene rings is 2. The van der Waals surface area contributed by atoms with Crippen LogP contribution in [0.25, 0.3) is 0 Å². The predicted molar refractivity (Wildman–Crippen MR) is 74.1 cm³/mol. The molecule has 0 aliphatic rings. The Balaban J connectivity index is 2.55. The van der Waals surface area contributed by atoms with E-state index in [2.05, 4.69) is 15.9 Å². The van der Waals surface area contributed by atoms with Gasteiger partial charge in [0, 0.05) is 10.0 Å². The van der Waals surface area contributed by atoms with Gasteiger partial charge in [-0.05, 0) is 33.6 Å². The van der Waals surface area contributed by atoms with Crippen LogP contribution in [0, 0.1) is 0 Å². The van der Waals surface area contributed by atoms with Crippen molar-refractivity contribution in [1.82, 2.24) is 0 Å². The van der Waals surface area contributed by atoms with Gasteiger partial charge in [0.2, 0.25) is 0 Å². The number of aliphatic hydroxyl groups excluding tert-OH is 1. The Labute approximate surface area is 122 Å². The Bertz CT molecular complexity index is 628. The summed E-state index contributed by atoms with van der Waals surface area (Å²) in [5.74, 6) is 0. The van der Waals surface area contributed by atoms with Gasteiger partial charge in [0.05, 0.1) is 11.3 Å². The lowest BCUT2D eigenvalue weighted by Gasteiger charge is -2.19. The second kappa shape index (κ2) is 5.46. The first kappa shape index (κ1) is 14.9. The van der Waals surface area contributed by atoms with E-state index in [1.807, 2.05) is 0 Å². The Morgan fingerprint density at radius 2 is 1.60 bits per heavy atom. The Hall–Kier alpha value is -1.53. The number of nitrogen functional groups attached to an aromatic ring is 1. The molecule has 0 aromatic heterocycles. The van der Waals surface area contributed by atoms with Crippen LogP contribution in [0.5, 0.6) is 0 Å². The van der Waals surface area contributed by atoms with E-state index in [0.717, 1.165) is 6.07 Å². The van der Waals surface area contributed by atoms with Gasteiger partial charge in [0.25, 0.3) is 0 Å². The molecule has 106 valence electrons. The van der Waals surface area contributed by atoms with E-state index in [1.165, 1.54) is 24.3 Å². The molecule has 0 aliphatic heterocycles. The molecule has 0 saturated heterocycles. The molecular weight excluding hydrogens is 335 g/mol. The van der Waals surface area contributed by atoms with Crippen LogP contribution in [0.15, 0.2) is 46.9 Å². The highest BCUT2D eigenvalue weighted by molar-refractivity contribution is 9.10. The second-order valence-corrected chi connectivity index (χ2v) is 5.08. The molecule has 2 aromatic rings. The Morgan fingerprint density at radius 3 is 2.25 bits per heavy atom. The van der Waals surface area contributed by atoms with E-state index in [9.17, 15) is 18.3 Å². The summed E-state index contributed by atoms with van der Waals surface area (Å²) < 4.78 is 39.4. The lowest BCUT2D eigenvalue weighted by molar-refractivity contribution is -0.139. The van der Waals surface area contributed by atoms with Crippen molar-refractivity contribution in [3.05, 3.63) is 63.6 Å². The van der Waals surface area contributed by atoms with Gasteiger partial charge >= 0.3 is 6.18 Å². The highest BCUT2D eigenvalue weighted by Gasteiger charge is 2.35. The molecule has 0 bridgehead atoms. The smallest absolute Gasteiger partial charge is 0.398 e. The minimum atomic E-state index is -4.53.